The van der Waals surface area contributed by atoms with E-state index in [1.54, 1.807) is 12.1 Å². The smallest absolute Gasteiger partial charge is 0.245 e. The van der Waals surface area contributed by atoms with E-state index in [1.165, 1.54) is 7.11 Å². The zero-order chi connectivity index (χ0) is 26.8. The molecule has 1 aromatic carbocycles. The predicted molar refractivity (Wildman–Crippen MR) is 138 cm³/mol. The fourth-order valence-electron chi connectivity index (χ4n) is 3.28. The van der Waals surface area contributed by atoms with Gasteiger partial charge in [-0.2, -0.15) is 5.90 Å². The van der Waals surface area contributed by atoms with E-state index in [2.05, 4.69) is 35.7 Å². The van der Waals surface area contributed by atoms with Gasteiger partial charge in [0, 0.05) is 29.1 Å². The van der Waals surface area contributed by atoms with E-state index < -0.39 is 18.6 Å². The Morgan fingerprint density at radius 1 is 1.28 bits per heavy atom. The second kappa shape index (κ2) is 13.8. The first-order valence-electron chi connectivity index (χ1n) is 11.3. The number of pyridine rings is 1. The number of aryl methyl sites for hydroxylation is 1. The van der Waals surface area contributed by atoms with Crippen molar-refractivity contribution < 1.29 is 29.3 Å². The molecule has 2 aromatic rings. The van der Waals surface area contributed by atoms with Crippen LogP contribution >= 0.6 is 11.6 Å². The minimum Gasteiger partial charge on any atom is -0.493 e. The summed E-state index contributed by atoms with van der Waals surface area (Å²) in [6.07, 6.45) is -0.237. The molecule has 11 heteroatoms. The number of rotatable bonds is 12. The predicted octanol–water partition coefficient (Wildman–Crippen LogP) is 2.41. The first kappa shape index (κ1) is 29.1. The number of nitrogens with zero attached hydrogens (tertiary/aromatic N) is 2. The average molecular weight is 521 g/mol. The van der Waals surface area contributed by atoms with Crippen molar-refractivity contribution >= 4 is 29.1 Å². The highest BCUT2D eigenvalue weighted by molar-refractivity contribution is 6.32. The number of ether oxygens (including phenoxy) is 2. The molecule has 0 radical (unpaired) electrons. The van der Waals surface area contributed by atoms with Crippen LogP contribution < -0.4 is 20.7 Å². The van der Waals surface area contributed by atoms with Gasteiger partial charge in [0.2, 0.25) is 11.8 Å². The molecule has 36 heavy (non-hydrogen) atoms. The number of aromatic nitrogens is 1. The molecular formula is C25H33ClN4O6. The summed E-state index contributed by atoms with van der Waals surface area (Å²) >= 11 is 6.42. The molecule has 1 unspecified atom stereocenters. The van der Waals surface area contributed by atoms with Crippen LogP contribution in [0.5, 0.6) is 11.5 Å². The third-order valence-electron chi connectivity index (χ3n) is 4.88. The van der Waals surface area contributed by atoms with E-state index in [9.17, 15) is 9.90 Å². The number of hydrogen-bond acceptors (Lipinski definition) is 9. The molecule has 1 aromatic heterocycles. The van der Waals surface area contributed by atoms with Crippen LogP contribution in [0.15, 0.2) is 35.8 Å². The Balaban J connectivity index is 2.25. The van der Waals surface area contributed by atoms with Gasteiger partial charge in [0.1, 0.15) is 19.3 Å². The number of carbonyl (C=O) groups is 1. The monoisotopic (exact) mass is 520 g/mol. The lowest BCUT2D eigenvalue weighted by molar-refractivity contribution is -0.124. The number of halogens is 1. The number of hydrogen-bond donors (Lipinski definition) is 4. The summed E-state index contributed by atoms with van der Waals surface area (Å²) in [4.78, 5) is 25.2. The zero-order valence-corrected chi connectivity index (χ0v) is 21.6. The van der Waals surface area contributed by atoms with Crippen molar-refractivity contribution in [2.24, 2.45) is 16.8 Å². The zero-order valence-electron chi connectivity index (χ0n) is 20.9. The Morgan fingerprint density at radius 2 is 2.00 bits per heavy atom. The summed E-state index contributed by atoms with van der Waals surface area (Å²) in [7, 11) is 1.44. The highest BCUT2D eigenvalue weighted by atomic mass is 35.5. The second-order valence-electron chi connectivity index (χ2n) is 8.48. The maximum atomic E-state index is 11.1. The molecule has 196 valence electrons. The van der Waals surface area contributed by atoms with Gasteiger partial charge in [0.05, 0.1) is 17.8 Å². The number of aliphatic imine (C=N–C) groups is 1. The number of nitrogens with two attached hydrogens (primary N) is 1. The SMILES string of the molecule is C=C(/N=C(\ON)c1cc(C)nc(CC(C)C)c1)c1cc(Cl)c(OCC(O)CNC(=O)CO)c(OC)c1. The van der Waals surface area contributed by atoms with Crippen LogP contribution in [0.25, 0.3) is 5.70 Å². The molecule has 1 amide bonds. The Bertz CT molecular complexity index is 1110. The minimum atomic E-state index is -1.03. The molecule has 1 heterocycles. The van der Waals surface area contributed by atoms with Crippen molar-refractivity contribution in [3.8, 4) is 11.5 Å². The van der Waals surface area contributed by atoms with Gasteiger partial charge in [0.15, 0.2) is 11.5 Å². The fourth-order valence-corrected chi connectivity index (χ4v) is 3.55. The number of carbonyl (C=O) groups excluding carboxylic acids is 1. The maximum Gasteiger partial charge on any atom is 0.245 e. The molecule has 0 bridgehead atoms. The normalized spacial score (nSPS) is 12.3. The topological polar surface area (TPSA) is 149 Å². The molecular weight excluding hydrogens is 488 g/mol. The van der Waals surface area contributed by atoms with Crippen molar-refractivity contribution in [3.63, 3.8) is 0 Å². The van der Waals surface area contributed by atoms with Crippen molar-refractivity contribution in [2.75, 3.05) is 26.9 Å². The van der Waals surface area contributed by atoms with Gasteiger partial charge in [-0.3, -0.25) is 9.78 Å². The van der Waals surface area contributed by atoms with Gasteiger partial charge >= 0.3 is 0 Å². The highest BCUT2D eigenvalue weighted by Gasteiger charge is 2.17. The van der Waals surface area contributed by atoms with Crippen molar-refractivity contribution in [1.29, 1.82) is 0 Å². The number of aliphatic hydroxyl groups excluding tert-OH is 2. The lowest BCUT2D eigenvalue weighted by atomic mass is 10.1. The summed E-state index contributed by atoms with van der Waals surface area (Å²) in [6.45, 7) is 9.17. The molecule has 0 spiro atoms. The van der Waals surface area contributed by atoms with Crippen LogP contribution in [0.4, 0.5) is 0 Å². The Morgan fingerprint density at radius 3 is 2.61 bits per heavy atom. The van der Waals surface area contributed by atoms with Crippen molar-refractivity contribution in [1.82, 2.24) is 10.3 Å². The van der Waals surface area contributed by atoms with Gasteiger partial charge < -0.3 is 29.8 Å². The standard InChI is InChI=1S/C25H33ClN4O6/c1-14(2)6-19-8-18(7-15(3)29-19)25(36-27)30-16(4)17-9-21(26)24(22(10-17)34-5)35-13-20(32)11-28-23(33)12-31/h7-10,14,20,31-32H,4,6,11-13,27H2,1-3,5H3,(H,28,33)/b30-25-. The summed E-state index contributed by atoms with van der Waals surface area (Å²) in [5.41, 5.74) is 3.22. The van der Waals surface area contributed by atoms with Gasteiger partial charge in [-0.25, -0.2) is 4.99 Å². The van der Waals surface area contributed by atoms with E-state index in [0.717, 1.165) is 17.8 Å². The molecule has 0 aliphatic heterocycles. The molecule has 0 aliphatic rings. The second-order valence-corrected chi connectivity index (χ2v) is 8.89. The fraction of sp³-hybridized carbons (Fsp3) is 0.400. The van der Waals surface area contributed by atoms with E-state index in [-0.39, 0.29) is 35.6 Å². The number of nitrogens with one attached hydrogen (secondary N) is 1. The third kappa shape index (κ3) is 8.49. The van der Waals surface area contributed by atoms with Gasteiger partial charge in [-0.15, -0.1) is 0 Å². The summed E-state index contributed by atoms with van der Waals surface area (Å²) in [6, 6.07) is 6.91. The maximum absolute atomic E-state index is 11.1. The van der Waals surface area contributed by atoms with E-state index >= 15 is 0 Å². The van der Waals surface area contributed by atoms with Crippen LogP contribution in [-0.2, 0) is 16.1 Å². The molecule has 1 atom stereocenters. The molecule has 5 N–H and O–H groups in total. The number of benzene rings is 1. The van der Waals surface area contributed by atoms with Crippen LogP contribution in [0.3, 0.4) is 0 Å². The Labute approximate surface area is 215 Å². The molecule has 0 fully saturated rings. The van der Waals surface area contributed by atoms with Crippen molar-refractivity contribution in [2.45, 2.75) is 33.3 Å². The molecule has 0 aliphatic carbocycles. The summed E-state index contributed by atoms with van der Waals surface area (Å²) < 4.78 is 11.0. The van der Waals surface area contributed by atoms with Crippen LogP contribution in [0, 0.1) is 12.8 Å². The van der Waals surface area contributed by atoms with Crippen LogP contribution in [0.2, 0.25) is 5.02 Å². The highest BCUT2D eigenvalue weighted by Crippen LogP contribution is 2.38. The molecule has 0 saturated heterocycles. The largest absolute Gasteiger partial charge is 0.493 e. The summed E-state index contributed by atoms with van der Waals surface area (Å²) in [5.74, 6) is 6.01. The quantitative estimate of drug-likeness (QED) is 0.189. The number of aliphatic hydroxyl groups is 2. The lowest BCUT2D eigenvalue weighted by Gasteiger charge is -2.17. The minimum absolute atomic E-state index is 0.0990. The summed E-state index contributed by atoms with van der Waals surface area (Å²) in [5, 5.41) is 21.3. The number of methoxy groups -OCH3 is 1. The van der Waals surface area contributed by atoms with Gasteiger partial charge in [-0.05, 0) is 43.5 Å². The van der Waals surface area contributed by atoms with Crippen LogP contribution in [0.1, 0.15) is 36.4 Å². The van der Waals surface area contributed by atoms with Crippen LogP contribution in [-0.4, -0.2) is 60.0 Å². The number of amides is 1. The third-order valence-corrected chi connectivity index (χ3v) is 5.16. The van der Waals surface area contributed by atoms with E-state index in [4.69, 9.17) is 36.9 Å². The average Bonchev–Trinajstić information content (AvgIpc) is 2.83. The van der Waals surface area contributed by atoms with Gasteiger partial charge in [0.25, 0.3) is 0 Å². The molecule has 10 nitrogen and oxygen atoms in total. The first-order valence-corrected chi connectivity index (χ1v) is 11.6. The molecule has 0 saturated carbocycles. The van der Waals surface area contributed by atoms with E-state index in [0.29, 0.717) is 22.7 Å². The van der Waals surface area contributed by atoms with Crippen molar-refractivity contribution in [3.05, 3.63) is 58.4 Å². The Kier molecular flexibility index (Phi) is 11.1. The first-order chi connectivity index (χ1) is 17.1. The Hall–Kier alpha value is -3.18. The molecule has 2 rings (SSSR count). The van der Waals surface area contributed by atoms with Gasteiger partial charge in [-0.1, -0.05) is 32.0 Å². The van der Waals surface area contributed by atoms with E-state index in [1.807, 2.05) is 19.1 Å². The lowest BCUT2D eigenvalue weighted by Crippen LogP contribution is -2.36.